The monoisotopic (exact) mass is 504 g/mol. The summed E-state index contributed by atoms with van der Waals surface area (Å²) >= 11 is 0. The summed E-state index contributed by atoms with van der Waals surface area (Å²) < 4.78 is 23.1. The molecule has 0 aromatic carbocycles. The molecule has 3 saturated heterocycles. The molecule has 3 aliphatic rings. The van der Waals surface area contributed by atoms with Crippen molar-refractivity contribution >= 4 is 11.8 Å². The molecule has 1 spiro atoms. The SMILES string of the molecule is CC(=O)O[C@@H](C)/C=C\C(=O)C[C@@H]1CC(C)[C@H](C/C=C(C)/C=C/C2OC(C)(C)C[C@]3(CO3)[C@H]2O)OC1C. The molecule has 0 bridgehead atoms. The van der Waals surface area contributed by atoms with E-state index in [1.54, 1.807) is 13.0 Å². The molecular weight excluding hydrogens is 460 g/mol. The molecule has 0 aromatic heterocycles. The van der Waals surface area contributed by atoms with Crippen LogP contribution in [0, 0.1) is 11.8 Å². The molecule has 36 heavy (non-hydrogen) atoms. The third-order valence-electron chi connectivity index (χ3n) is 7.50. The number of esters is 1. The molecule has 0 saturated carbocycles. The van der Waals surface area contributed by atoms with Crippen molar-refractivity contribution in [1.29, 1.82) is 0 Å². The van der Waals surface area contributed by atoms with Crippen molar-refractivity contribution in [2.24, 2.45) is 11.8 Å². The fourth-order valence-electron chi connectivity index (χ4n) is 5.48. The molecule has 3 heterocycles. The van der Waals surface area contributed by atoms with Crippen molar-refractivity contribution in [3.05, 3.63) is 36.0 Å². The van der Waals surface area contributed by atoms with Gasteiger partial charge in [0.1, 0.15) is 23.9 Å². The number of allylic oxidation sites excluding steroid dienone is 3. The Bertz CT molecular complexity index is 882. The van der Waals surface area contributed by atoms with Crippen LogP contribution < -0.4 is 0 Å². The lowest BCUT2D eigenvalue weighted by molar-refractivity contribution is -0.171. The van der Waals surface area contributed by atoms with Gasteiger partial charge in [-0.15, -0.1) is 0 Å². The molecule has 0 amide bonds. The Labute approximate surface area is 215 Å². The molecule has 0 aliphatic carbocycles. The molecule has 0 radical (unpaired) electrons. The van der Waals surface area contributed by atoms with Crippen LogP contribution in [-0.2, 0) is 28.5 Å². The van der Waals surface area contributed by atoms with Crippen molar-refractivity contribution in [2.45, 2.75) is 116 Å². The van der Waals surface area contributed by atoms with E-state index in [1.807, 2.05) is 39.8 Å². The molecule has 7 nitrogen and oxygen atoms in total. The first kappa shape index (κ1) is 28.8. The van der Waals surface area contributed by atoms with Gasteiger partial charge in [-0.2, -0.15) is 0 Å². The Hall–Kier alpha value is -1.80. The van der Waals surface area contributed by atoms with Gasteiger partial charge in [0.2, 0.25) is 0 Å². The normalized spacial score (nSPS) is 37.4. The van der Waals surface area contributed by atoms with Gasteiger partial charge in [-0.3, -0.25) is 9.59 Å². The van der Waals surface area contributed by atoms with E-state index < -0.39 is 23.9 Å². The number of aliphatic hydroxyl groups excluding tert-OH is 1. The molecule has 3 aliphatic heterocycles. The number of ether oxygens (including phenoxy) is 4. The van der Waals surface area contributed by atoms with Gasteiger partial charge in [0, 0.05) is 19.8 Å². The van der Waals surface area contributed by atoms with Gasteiger partial charge < -0.3 is 24.1 Å². The minimum absolute atomic E-state index is 0.0126. The summed E-state index contributed by atoms with van der Waals surface area (Å²) in [5.74, 6) is 0.146. The summed E-state index contributed by atoms with van der Waals surface area (Å²) in [6, 6.07) is 0. The summed E-state index contributed by atoms with van der Waals surface area (Å²) in [5.41, 5.74) is 0.301. The largest absolute Gasteiger partial charge is 0.459 e. The molecule has 3 unspecified atom stereocenters. The van der Waals surface area contributed by atoms with Crippen LogP contribution in [0.2, 0.25) is 0 Å². The molecule has 0 aromatic rings. The van der Waals surface area contributed by atoms with Crippen LogP contribution in [-0.4, -0.2) is 65.2 Å². The van der Waals surface area contributed by atoms with E-state index in [0.29, 0.717) is 25.4 Å². The van der Waals surface area contributed by atoms with Gasteiger partial charge in [0.25, 0.3) is 0 Å². The average Bonchev–Trinajstić information content (AvgIpc) is 3.54. The van der Waals surface area contributed by atoms with Gasteiger partial charge in [-0.25, -0.2) is 0 Å². The van der Waals surface area contributed by atoms with Gasteiger partial charge in [-0.1, -0.05) is 30.7 Å². The molecular formula is C29H44O7. The van der Waals surface area contributed by atoms with Gasteiger partial charge in [-0.05, 0) is 71.4 Å². The minimum Gasteiger partial charge on any atom is -0.459 e. The van der Waals surface area contributed by atoms with Crippen molar-refractivity contribution < 1.29 is 33.6 Å². The lowest BCUT2D eigenvalue weighted by atomic mass is 9.81. The Balaban J connectivity index is 1.49. The Morgan fingerprint density at radius 3 is 2.53 bits per heavy atom. The van der Waals surface area contributed by atoms with Crippen LogP contribution in [0.4, 0.5) is 0 Å². The molecule has 202 valence electrons. The quantitative estimate of drug-likeness (QED) is 0.214. The fraction of sp³-hybridized carbons (Fsp3) is 0.724. The number of aliphatic hydroxyl groups is 1. The molecule has 7 heteroatoms. The van der Waals surface area contributed by atoms with Crippen LogP contribution in [0.25, 0.3) is 0 Å². The highest BCUT2D eigenvalue weighted by Crippen LogP contribution is 2.46. The predicted octanol–water partition coefficient (Wildman–Crippen LogP) is 4.47. The number of carbonyl (C=O) groups excluding carboxylic acids is 2. The van der Waals surface area contributed by atoms with E-state index in [0.717, 1.165) is 18.4 Å². The smallest absolute Gasteiger partial charge is 0.303 e. The first-order valence-corrected chi connectivity index (χ1v) is 13.2. The third-order valence-corrected chi connectivity index (χ3v) is 7.50. The highest BCUT2D eigenvalue weighted by molar-refractivity contribution is 5.89. The summed E-state index contributed by atoms with van der Waals surface area (Å²) in [5, 5.41) is 10.7. The van der Waals surface area contributed by atoms with E-state index >= 15 is 0 Å². The number of epoxide rings is 1. The zero-order valence-electron chi connectivity index (χ0n) is 22.9. The number of rotatable bonds is 9. The number of ketones is 1. The van der Waals surface area contributed by atoms with Crippen molar-refractivity contribution in [2.75, 3.05) is 6.61 Å². The van der Waals surface area contributed by atoms with E-state index in [4.69, 9.17) is 18.9 Å². The van der Waals surface area contributed by atoms with Crippen molar-refractivity contribution in [3.8, 4) is 0 Å². The van der Waals surface area contributed by atoms with E-state index in [2.05, 4.69) is 13.0 Å². The minimum atomic E-state index is -0.656. The maximum atomic E-state index is 12.4. The van der Waals surface area contributed by atoms with Gasteiger partial charge in [0.05, 0.1) is 24.4 Å². The second kappa shape index (κ2) is 11.7. The van der Waals surface area contributed by atoms with Crippen LogP contribution in [0.15, 0.2) is 36.0 Å². The zero-order chi connectivity index (χ0) is 26.7. The van der Waals surface area contributed by atoms with Crippen LogP contribution in [0.3, 0.4) is 0 Å². The third kappa shape index (κ3) is 7.85. The zero-order valence-corrected chi connectivity index (χ0v) is 22.9. The summed E-state index contributed by atoms with van der Waals surface area (Å²) in [6.07, 6.45) is 10.7. The van der Waals surface area contributed by atoms with Crippen LogP contribution in [0.5, 0.6) is 0 Å². The molecule has 3 fully saturated rings. The standard InChI is InChI=1S/C29H44O7/c1-18(9-13-26-27(32)29(17-33-29)16-28(6,7)36-26)8-12-25-19(2)14-23(21(4)35-25)15-24(31)11-10-20(3)34-22(5)30/h8-11,13,19-21,23,25-27,32H,12,14-17H2,1-7H3/b11-10-,13-9+,18-8+/t19?,20-,21?,23-,25-,26?,27-,29-/m0/s1. The topological polar surface area (TPSA) is 94.6 Å². The molecule has 3 rings (SSSR count). The predicted molar refractivity (Wildman–Crippen MR) is 137 cm³/mol. The fourth-order valence-corrected chi connectivity index (χ4v) is 5.48. The lowest BCUT2D eigenvalue weighted by Crippen LogP contribution is -2.53. The van der Waals surface area contributed by atoms with Crippen LogP contribution in [0.1, 0.15) is 74.1 Å². The lowest BCUT2D eigenvalue weighted by Gasteiger charge is -2.41. The van der Waals surface area contributed by atoms with E-state index in [-0.39, 0.29) is 35.5 Å². The number of carbonyl (C=O) groups is 2. The van der Waals surface area contributed by atoms with Gasteiger partial charge >= 0.3 is 5.97 Å². The van der Waals surface area contributed by atoms with Gasteiger partial charge in [0.15, 0.2) is 5.78 Å². The number of hydrogen-bond donors (Lipinski definition) is 1. The van der Waals surface area contributed by atoms with E-state index in [9.17, 15) is 14.7 Å². The summed E-state index contributed by atoms with van der Waals surface area (Å²) in [6.45, 7) is 14.0. The highest BCUT2D eigenvalue weighted by atomic mass is 16.6. The van der Waals surface area contributed by atoms with Crippen molar-refractivity contribution in [3.63, 3.8) is 0 Å². The number of hydrogen-bond acceptors (Lipinski definition) is 7. The first-order chi connectivity index (χ1) is 16.8. The molecule has 8 atom stereocenters. The van der Waals surface area contributed by atoms with Crippen LogP contribution >= 0.6 is 0 Å². The highest BCUT2D eigenvalue weighted by Gasteiger charge is 2.60. The first-order valence-electron chi connectivity index (χ1n) is 13.2. The second-order valence-corrected chi connectivity index (χ2v) is 11.6. The summed E-state index contributed by atoms with van der Waals surface area (Å²) in [7, 11) is 0. The summed E-state index contributed by atoms with van der Waals surface area (Å²) in [4.78, 5) is 23.4. The maximum Gasteiger partial charge on any atom is 0.303 e. The van der Waals surface area contributed by atoms with E-state index in [1.165, 1.54) is 13.0 Å². The average molecular weight is 505 g/mol. The van der Waals surface area contributed by atoms with Crippen molar-refractivity contribution in [1.82, 2.24) is 0 Å². The second-order valence-electron chi connectivity index (χ2n) is 11.6. The Kier molecular flexibility index (Phi) is 9.36. The maximum absolute atomic E-state index is 12.4. The Morgan fingerprint density at radius 1 is 1.19 bits per heavy atom. The molecule has 1 N–H and O–H groups in total. The Morgan fingerprint density at radius 2 is 1.89 bits per heavy atom.